The van der Waals surface area contributed by atoms with Gasteiger partial charge in [-0.3, -0.25) is 4.79 Å². The number of hydrogen-bond donors (Lipinski definition) is 1. The van der Waals surface area contributed by atoms with Crippen LogP contribution in [0.15, 0.2) is 45.3 Å². The molecule has 0 bridgehead atoms. The maximum Gasteiger partial charge on any atom is 0.265 e. The van der Waals surface area contributed by atoms with Crippen molar-refractivity contribution in [3.63, 3.8) is 0 Å². The molecule has 82 valence electrons. The molecule has 0 aliphatic heterocycles. The summed E-state index contributed by atoms with van der Waals surface area (Å²) in [6.45, 7) is 0. The van der Waals surface area contributed by atoms with Gasteiger partial charge in [-0.05, 0) is 34.7 Å². The fraction of sp³-hybridized carbons (Fsp3) is 0. The molecule has 0 saturated carbocycles. The minimum Gasteiger partial charge on any atom is -0.312 e. The lowest BCUT2D eigenvalue weighted by molar-refractivity contribution is 0.988. The first kappa shape index (κ1) is 11.9. The molecule has 1 N–H and O–H groups in total. The Labute approximate surface area is 115 Å². The molecule has 0 fully saturated rings. The molecule has 0 aliphatic carbocycles. The maximum atomic E-state index is 11.4. The van der Waals surface area contributed by atoms with Crippen molar-refractivity contribution in [2.75, 3.05) is 0 Å². The summed E-state index contributed by atoms with van der Waals surface area (Å²) in [5.41, 5.74) is -0.134. The van der Waals surface area contributed by atoms with Crippen LogP contribution in [0.5, 0.6) is 0 Å². The largest absolute Gasteiger partial charge is 0.312 e. The van der Waals surface area contributed by atoms with Crippen LogP contribution in [-0.4, -0.2) is 9.97 Å². The second-order valence-corrected chi connectivity index (χ2v) is 5.40. The zero-order valence-electron chi connectivity index (χ0n) is 7.91. The van der Waals surface area contributed by atoms with Gasteiger partial charge in [0.25, 0.3) is 5.56 Å². The number of H-pyrrole nitrogens is 1. The topological polar surface area (TPSA) is 45.8 Å². The van der Waals surface area contributed by atoms with Gasteiger partial charge in [-0.2, -0.15) is 0 Å². The number of rotatable bonds is 2. The Morgan fingerprint density at radius 3 is 2.88 bits per heavy atom. The van der Waals surface area contributed by atoms with E-state index in [4.69, 9.17) is 11.6 Å². The number of nitrogens with one attached hydrogen (secondary N) is 1. The predicted molar refractivity (Wildman–Crippen MR) is 73.1 cm³/mol. The maximum absolute atomic E-state index is 11.4. The van der Waals surface area contributed by atoms with E-state index < -0.39 is 0 Å². The van der Waals surface area contributed by atoms with Gasteiger partial charge in [0.2, 0.25) is 0 Å². The number of benzene rings is 1. The Balaban J connectivity index is 2.38. The smallest absolute Gasteiger partial charge is 0.265 e. The Bertz CT molecular complexity index is 573. The van der Waals surface area contributed by atoms with Crippen molar-refractivity contribution in [3.8, 4) is 0 Å². The van der Waals surface area contributed by atoms with Crippen LogP contribution in [0.4, 0.5) is 0 Å². The predicted octanol–water partition coefficient (Wildman–Crippen LogP) is 3.18. The molecular formula is C10H6ClIN2OS. The van der Waals surface area contributed by atoms with Gasteiger partial charge in [-0.1, -0.05) is 35.5 Å². The van der Waals surface area contributed by atoms with Crippen molar-refractivity contribution in [1.82, 2.24) is 9.97 Å². The molecule has 0 spiro atoms. The second kappa shape index (κ2) is 5.20. The summed E-state index contributed by atoms with van der Waals surface area (Å²) in [4.78, 5) is 18.9. The van der Waals surface area contributed by atoms with Crippen molar-refractivity contribution in [2.45, 2.75) is 9.92 Å². The van der Waals surface area contributed by atoms with Gasteiger partial charge in [0, 0.05) is 4.90 Å². The molecule has 0 atom stereocenters. The molecule has 1 heterocycles. The summed E-state index contributed by atoms with van der Waals surface area (Å²) in [6, 6.07) is 7.46. The fourth-order valence-electron chi connectivity index (χ4n) is 1.07. The standard InChI is InChI=1S/C10H6ClIN2OS/c11-6-3-1-2-4-7(6)16-10-8(12)9(15)13-5-14-10/h1-5H,(H,13,14,15). The van der Waals surface area contributed by atoms with E-state index >= 15 is 0 Å². The molecule has 16 heavy (non-hydrogen) atoms. The van der Waals surface area contributed by atoms with Gasteiger partial charge in [-0.25, -0.2) is 4.98 Å². The number of aromatic nitrogens is 2. The summed E-state index contributed by atoms with van der Waals surface area (Å²) in [5, 5.41) is 1.32. The second-order valence-electron chi connectivity index (χ2n) is 2.88. The first-order valence-electron chi connectivity index (χ1n) is 4.34. The van der Waals surface area contributed by atoms with E-state index in [1.165, 1.54) is 18.1 Å². The molecular weight excluding hydrogens is 359 g/mol. The van der Waals surface area contributed by atoms with Crippen molar-refractivity contribution >= 4 is 46.0 Å². The number of aromatic amines is 1. The third-order valence-corrected chi connectivity index (χ3v) is 4.70. The van der Waals surface area contributed by atoms with Gasteiger partial charge >= 0.3 is 0 Å². The molecule has 0 aliphatic rings. The Kier molecular flexibility index (Phi) is 3.88. The third-order valence-electron chi connectivity index (χ3n) is 1.81. The van der Waals surface area contributed by atoms with Crippen molar-refractivity contribution < 1.29 is 0 Å². The molecule has 2 aromatic rings. The monoisotopic (exact) mass is 364 g/mol. The Hall–Kier alpha value is -0.530. The highest BCUT2D eigenvalue weighted by Crippen LogP contribution is 2.32. The summed E-state index contributed by atoms with van der Waals surface area (Å²) in [7, 11) is 0. The van der Waals surface area contributed by atoms with E-state index in [9.17, 15) is 4.79 Å². The van der Waals surface area contributed by atoms with E-state index in [-0.39, 0.29) is 5.56 Å². The SMILES string of the molecule is O=c1[nH]cnc(Sc2ccccc2Cl)c1I. The quantitative estimate of drug-likeness (QED) is 0.657. The van der Waals surface area contributed by atoms with Gasteiger partial charge in [0.15, 0.2) is 0 Å². The zero-order chi connectivity index (χ0) is 11.5. The third kappa shape index (κ3) is 2.58. The van der Waals surface area contributed by atoms with Crippen molar-refractivity contribution in [1.29, 1.82) is 0 Å². The Morgan fingerprint density at radius 2 is 2.12 bits per heavy atom. The highest BCUT2D eigenvalue weighted by Gasteiger charge is 2.08. The molecule has 6 heteroatoms. The van der Waals surface area contributed by atoms with Crippen molar-refractivity contribution in [2.24, 2.45) is 0 Å². The van der Waals surface area contributed by atoms with Crippen LogP contribution >= 0.6 is 46.0 Å². The minimum absolute atomic E-state index is 0.134. The van der Waals surface area contributed by atoms with E-state index in [2.05, 4.69) is 9.97 Å². The van der Waals surface area contributed by atoms with Crippen LogP contribution in [0.3, 0.4) is 0 Å². The minimum atomic E-state index is -0.134. The van der Waals surface area contributed by atoms with Gasteiger partial charge in [-0.15, -0.1) is 0 Å². The van der Waals surface area contributed by atoms with Crippen LogP contribution in [0.25, 0.3) is 0 Å². The van der Waals surface area contributed by atoms with Gasteiger partial charge < -0.3 is 4.98 Å². The molecule has 0 unspecified atom stereocenters. The molecule has 3 nitrogen and oxygen atoms in total. The van der Waals surface area contributed by atoms with Crippen LogP contribution in [0.1, 0.15) is 0 Å². The molecule has 2 rings (SSSR count). The summed E-state index contributed by atoms with van der Waals surface area (Å²) >= 11 is 9.39. The molecule has 0 saturated heterocycles. The highest BCUT2D eigenvalue weighted by atomic mass is 127. The van der Waals surface area contributed by atoms with Crippen molar-refractivity contribution in [3.05, 3.63) is 49.5 Å². The lowest BCUT2D eigenvalue weighted by atomic mass is 10.4. The summed E-state index contributed by atoms with van der Waals surface area (Å²) < 4.78 is 0.574. The average Bonchev–Trinajstić information content (AvgIpc) is 2.28. The van der Waals surface area contributed by atoms with E-state index in [0.717, 1.165) is 4.90 Å². The lowest BCUT2D eigenvalue weighted by Crippen LogP contribution is -2.10. The Morgan fingerprint density at radius 1 is 1.38 bits per heavy atom. The zero-order valence-corrected chi connectivity index (χ0v) is 11.6. The summed E-state index contributed by atoms with van der Waals surface area (Å²) in [6.07, 6.45) is 1.39. The van der Waals surface area contributed by atoms with Gasteiger partial charge in [0.1, 0.15) is 8.60 Å². The van der Waals surface area contributed by atoms with E-state index in [1.54, 1.807) is 0 Å². The molecule has 1 aromatic heterocycles. The van der Waals surface area contributed by atoms with Crippen LogP contribution in [-0.2, 0) is 0 Å². The van der Waals surface area contributed by atoms with Crippen LogP contribution < -0.4 is 5.56 Å². The number of nitrogens with zero attached hydrogens (tertiary/aromatic N) is 1. The number of hydrogen-bond acceptors (Lipinski definition) is 3. The van der Waals surface area contributed by atoms with Crippen LogP contribution in [0, 0.1) is 3.57 Å². The average molecular weight is 365 g/mol. The molecule has 1 aromatic carbocycles. The van der Waals surface area contributed by atoms with Crippen LogP contribution in [0.2, 0.25) is 5.02 Å². The molecule has 0 amide bonds. The van der Waals surface area contributed by atoms with Gasteiger partial charge in [0.05, 0.1) is 11.3 Å². The summed E-state index contributed by atoms with van der Waals surface area (Å²) in [5.74, 6) is 0. The number of halogens is 2. The van der Waals surface area contributed by atoms with E-state index in [0.29, 0.717) is 13.6 Å². The fourth-order valence-corrected chi connectivity index (χ4v) is 2.75. The normalized spacial score (nSPS) is 10.4. The molecule has 0 radical (unpaired) electrons. The first-order chi connectivity index (χ1) is 7.68. The highest BCUT2D eigenvalue weighted by molar-refractivity contribution is 14.1. The lowest BCUT2D eigenvalue weighted by Gasteiger charge is -2.03. The van der Waals surface area contributed by atoms with E-state index in [1.807, 2.05) is 46.9 Å². The first-order valence-corrected chi connectivity index (χ1v) is 6.61.